The number of amides is 1. The van der Waals surface area contributed by atoms with Crippen molar-refractivity contribution in [2.45, 2.75) is 45.8 Å². The lowest BCUT2D eigenvalue weighted by Gasteiger charge is -2.22. The summed E-state index contributed by atoms with van der Waals surface area (Å²) in [7, 11) is 3.83. The van der Waals surface area contributed by atoms with Crippen molar-refractivity contribution in [3.63, 3.8) is 0 Å². The molecule has 162 valence electrons. The van der Waals surface area contributed by atoms with Crippen LogP contribution in [0.3, 0.4) is 0 Å². The van der Waals surface area contributed by atoms with E-state index in [0.29, 0.717) is 6.42 Å². The number of aliphatic imine (C=N–C) groups is 1. The lowest BCUT2D eigenvalue weighted by atomic mass is 10.1. The molecule has 0 spiro atoms. The Labute approximate surface area is 197 Å². The standard InChI is InChI=1S/C24H32N4O.HI/c1-4-19-11-13-20(14-12-19)16-27(3)24(25-2)26-15-7-10-23(29)28-17-21-8-5-6-9-22(21)18-28;/h5-6,8-9,11-14H,4,7,10,15-18H2,1-3H3,(H,25,26);1H. The molecule has 1 aliphatic heterocycles. The molecule has 2 aromatic rings. The van der Waals surface area contributed by atoms with Crippen LogP contribution in [0.15, 0.2) is 53.5 Å². The van der Waals surface area contributed by atoms with E-state index in [9.17, 15) is 4.79 Å². The number of hydrogen-bond acceptors (Lipinski definition) is 2. The molecule has 0 fully saturated rings. The highest BCUT2D eigenvalue weighted by molar-refractivity contribution is 14.0. The van der Waals surface area contributed by atoms with Crippen molar-refractivity contribution in [2.24, 2.45) is 4.99 Å². The summed E-state index contributed by atoms with van der Waals surface area (Å²) in [5.41, 5.74) is 5.15. The molecule has 6 heteroatoms. The lowest BCUT2D eigenvalue weighted by Crippen LogP contribution is -2.39. The summed E-state index contributed by atoms with van der Waals surface area (Å²) >= 11 is 0. The Hall–Kier alpha value is -2.09. The van der Waals surface area contributed by atoms with Crippen LogP contribution in [0.25, 0.3) is 0 Å². The molecule has 1 N–H and O–H groups in total. The number of carbonyl (C=O) groups excluding carboxylic acids is 1. The van der Waals surface area contributed by atoms with E-state index < -0.39 is 0 Å². The Balaban J connectivity index is 0.00000320. The Bertz CT molecular complexity index is 826. The molecule has 0 radical (unpaired) electrons. The predicted molar refractivity (Wildman–Crippen MR) is 134 cm³/mol. The molecule has 0 unspecified atom stereocenters. The van der Waals surface area contributed by atoms with Crippen LogP contribution >= 0.6 is 24.0 Å². The molecular weight excluding hydrogens is 487 g/mol. The third kappa shape index (κ3) is 6.45. The van der Waals surface area contributed by atoms with Crippen LogP contribution in [0.1, 0.15) is 42.0 Å². The van der Waals surface area contributed by atoms with E-state index in [-0.39, 0.29) is 29.9 Å². The van der Waals surface area contributed by atoms with Crippen LogP contribution in [0, 0.1) is 0 Å². The second-order valence-electron chi connectivity index (χ2n) is 7.62. The van der Waals surface area contributed by atoms with Gasteiger partial charge in [0.25, 0.3) is 0 Å². The maximum atomic E-state index is 12.5. The summed E-state index contributed by atoms with van der Waals surface area (Å²) in [4.78, 5) is 20.9. The van der Waals surface area contributed by atoms with Crippen LogP contribution in [0.5, 0.6) is 0 Å². The maximum Gasteiger partial charge on any atom is 0.223 e. The summed E-state index contributed by atoms with van der Waals surface area (Å²) in [6.45, 7) is 5.18. The van der Waals surface area contributed by atoms with Gasteiger partial charge in [-0.25, -0.2) is 0 Å². The van der Waals surface area contributed by atoms with Gasteiger partial charge >= 0.3 is 0 Å². The molecule has 2 aromatic carbocycles. The summed E-state index contributed by atoms with van der Waals surface area (Å²) in [6.07, 6.45) is 2.41. The smallest absolute Gasteiger partial charge is 0.223 e. The Kier molecular flexibility index (Phi) is 9.62. The molecule has 3 rings (SSSR count). The van der Waals surface area contributed by atoms with Crippen molar-refractivity contribution < 1.29 is 4.79 Å². The zero-order chi connectivity index (χ0) is 20.6. The molecule has 0 saturated heterocycles. The van der Waals surface area contributed by atoms with Gasteiger partial charge in [-0.15, -0.1) is 24.0 Å². The van der Waals surface area contributed by atoms with Gasteiger partial charge in [-0.3, -0.25) is 9.79 Å². The zero-order valence-electron chi connectivity index (χ0n) is 18.2. The van der Waals surface area contributed by atoms with E-state index in [1.807, 2.05) is 24.1 Å². The predicted octanol–water partition coefficient (Wildman–Crippen LogP) is 4.20. The van der Waals surface area contributed by atoms with E-state index in [0.717, 1.165) is 45.0 Å². The number of carbonyl (C=O) groups is 1. The van der Waals surface area contributed by atoms with Crippen molar-refractivity contribution in [3.8, 4) is 0 Å². The van der Waals surface area contributed by atoms with E-state index in [1.165, 1.54) is 22.3 Å². The summed E-state index contributed by atoms with van der Waals surface area (Å²) in [5, 5.41) is 3.38. The second kappa shape index (κ2) is 11.9. The fraction of sp³-hybridized carbons (Fsp3) is 0.417. The average Bonchev–Trinajstić information content (AvgIpc) is 3.18. The number of fused-ring (bicyclic) bond motifs is 1. The molecule has 1 aliphatic rings. The number of aryl methyl sites for hydroxylation is 1. The lowest BCUT2D eigenvalue weighted by molar-refractivity contribution is -0.131. The first-order valence-corrected chi connectivity index (χ1v) is 10.4. The van der Waals surface area contributed by atoms with Crippen LogP contribution in [-0.4, -0.2) is 42.3 Å². The molecule has 0 aliphatic carbocycles. The van der Waals surface area contributed by atoms with Gasteiger partial charge in [-0.2, -0.15) is 0 Å². The minimum atomic E-state index is 0. The van der Waals surface area contributed by atoms with Gasteiger partial charge in [0.2, 0.25) is 5.91 Å². The Morgan fingerprint density at radius 2 is 1.67 bits per heavy atom. The topological polar surface area (TPSA) is 47.9 Å². The molecule has 5 nitrogen and oxygen atoms in total. The summed E-state index contributed by atoms with van der Waals surface area (Å²) in [5.74, 6) is 1.08. The number of halogens is 1. The van der Waals surface area contributed by atoms with Crippen molar-refractivity contribution in [2.75, 3.05) is 20.6 Å². The molecule has 1 heterocycles. The fourth-order valence-electron chi connectivity index (χ4n) is 3.72. The number of benzene rings is 2. The van der Waals surface area contributed by atoms with E-state index in [1.54, 1.807) is 7.05 Å². The number of nitrogens with zero attached hydrogens (tertiary/aromatic N) is 3. The third-order valence-corrected chi connectivity index (χ3v) is 5.47. The van der Waals surface area contributed by atoms with Crippen LogP contribution in [0.2, 0.25) is 0 Å². The fourth-order valence-corrected chi connectivity index (χ4v) is 3.72. The highest BCUT2D eigenvalue weighted by atomic mass is 127. The van der Waals surface area contributed by atoms with E-state index in [2.05, 4.69) is 58.5 Å². The van der Waals surface area contributed by atoms with Gasteiger partial charge in [0, 0.05) is 46.7 Å². The molecular formula is C24H33IN4O. The van der Waals surface area contributed by atoms with Gasteiger partial charge in [-0.1, -0.05) is 55.5 Å². The molecule has 0 atom stereocenters. The molecule has 1 amide bonds. The minimum absolute atomic E-state index is 0. The zero-order valence-corrected chi connectivity index (χ0v) is 20.6. The molecule has 0 aromatic heterocycles. The van der Waals surface area contributed by atoms with E-state index in [4.69, 9.17) is 0 Å². The first-order valence-electron chi connectivity index (χ1n) is 10.4. The first-order chi connectivity index (χ1) is 14.1. The molecule has 30 heavy (non-hydrogen) atoms. The largest absolute Gasteiger partial charge is 0.356 e. The third-order valence-electron chi connectivity index (χ3n) is 5.47. The average molecular weight is 520 g/mol. The van der Waals surface area contributed by atoms with Crippen LogP contribution < -0.4 is 5.32 Å². The van der Waals surface area contributed by atoms with Gasteiger partial charge in [0.1, 0.15) is 0 Å². The van der Waals surface area contributed by atoms with Gasteiger partial charge in [0.05, 0.1) is 0 Å². The quantitative estimate of drug-likeness (QED) is 0.258. The van der Waals surface area contributed by atoms with Gasteiger partial charge < -0.3 is 15.1 Å². The van der Waals surface area contributed by atoms with Crippen molar-refractivity contribution in [1.29, 1.82) is 0 Å². The SMILES string of the molecule is CCc1ccc(CN(C)C(=NC)NCCCC(=O)N2Cc3ccccc3C2)cc1.I. The number of hydrogen-bond donors (Lipinski definition) is 1. The van der Waals surface area contributed by atoms with E-state index >= 15 is 0 Å². The number of guanidine groups is 1. The normalized spacial score (nSPS) is 12.9. The first kappa shape index (κ1) is 24.2. The summed E-state index contributed by atoms with van der Waals surface area (Å²) in [6, 6.07) is 17.0. The van der Waals surface area contributed by atoms with Crippen LogP contribution in [0.4, 0.5) is 0 Å². The van der Waals surface area contributed by atoms with Crippen molar-refractivity contribution >= 4 is 35.8 Å². The maximum absolute atomic E-state index is 12.5. The highest BCUT2D eigenvalue weighted by Crippen LogP contribution is 2.22. The Morgan fingerprint density at radius 3 is 2.23 bits per heavy atom. The molecule has 0 bridgehead atoms. The second-order valence-corrected chi connectivity index (χ2v) is 7.62. The van der Waals surface area contributed by atoms with Gasteiger partial charge in [0.15, 0.2) is 5.96 Å². The monoisotopic (exact) mass is 520 g/mol. The van der Waals surface area contributed by atoms with Gasteiger partial charge in [-0.05, 0) is 35.1 Å². The Morgan fingerprint density at radius 1 is 1.07 bits per heavy atom. The minimum Gasteiger partial charge on any atom is -0.356 e. The van der Waals surface area contributed by atoms with Crippen molar-refractivity contribution in [1.82, 2.24) is 15.1 Å². The number of rotatable bonds is 7. The summed E-state index contributed by atoms with van der Waals surface area (Å²) < 4.78 is 0. The number of nitrogens with one attached hydrogen (secondary N) is 1. The van der Waals surface area contributed by atoms with Crippen molar-refractivity contribution in [3.05, 3.63) is 70.8 Å². The van der Waals surface area contributed by atoms with Crippen LogP contribution in [-0.2, 0) is 30.8 Å². The molecule has 0 saturated carbocycles. The highest BCUT2D eigenvalue weighted by Gasteiger charge is 2.22.